The normalized spacial score (nSPS) is 15.5. The van der Waals surface area contributed by atoms with Crippen LogP contribution in [0.5, 0.6) is 0 Å². The number of morpholine rings is 1. The minimum atomic E-state index is -0.160. The van der Waals surface area contributed by atoms with Crippen molar-refractivity contribution in [1.82, 2.24) is 14.7 Å². The number of carbonyl (C=O) groups is 1. The summed E-state index contributed by atoms with van der Waals surface area (Å²) in [6, 6.07) is 2.92. The molecule has 104 valence electrons. The molecule has 6 heteroatoms. The van der Waals surface area contributed by atoms with Gasteiger partial charge < -0.3 is 9.64 Å². The molecule has 0 atom stereocenters. The first-order valence-corrected chi connectivity index (χ1v) is 6.67. The van der Waals surface area contributed by atoms with Gasteiger partial charge in [-0.15, -0.1) is 0 Å². The summed E-state index contributed by atoms with van der Waals surface area (Å²) in [5, 5.41) is 4.16. The Morgan fingerprint density at radius 1 is 1.37 bits per heavy atom. The van der Waals surface area contributed by atoms with E-state index >= 15 is 0 Å². The van der Waals surface area contributed by atoms with Crippen LogP contribution >= 0.6 is 0 Å². The molecule has 0 bridgehead atoms. The lowest BCUT2D eigenvalue weighted by molar-refractivity contribution is 0.0297. The van der Waals surface area contributed by atoms with Crippen molar-refractivity contribution in [2.24, 2.45) is 0 Å². The second kappa shape index (κ2) is 6.47. The molecule has 1 amide bonds. The van der Waals surface area contributed by atoms with Crippen molar-refractivity contribution < 1.29 is 9.53 Å². The van der Waals surface area contributed by atoms with E-state index in [-0.39, 0.29) is 11.5 Å². The maximum absolute atomic E-state index is 12.2. The van der Waals surface area contributed by atoms with Crippen LogP contribution in [0.4, 0.5) is 0 Å². The van der Waals surface area contributed by atoms with Gasteiger partial charge in [-0.2, -0.15) is 5.10 Å². The summed E-state index contributed by atoms with van der Waals surface area (Å²) in [6.45, 7) is 4.87. The van der Waals surface area contributed by atoms with Crippen LogP contribution in [0, 0.1) is 0 Å². The lowest BCUT2D eigenvalue weighted by Crippen LogP contribution is -2.41. The molecule has 1 aromatic rings. The summed E-state index contributed by atoms with van der Waals surface area (Å²) in [4.78, 5) is 25.6. The predicted molar refractivity (Wildman–Crippen MR) is 70.1 cm³/mol. The standard InChI is InChI=1S/C13H19N3O3/c1-2-3-6-16-12(17)5-4-11(14-16)13(18)15-7-9-19-10-8-15/h4-5H,2-3,6-10H2,1H3. The summed E-state index contributed by atoms with van der Waals surface area (Å²) >= 11 is 0. The molecule has 1 aliphatic rings. The number of rotatable bonds is 4. The molecule has 0 radical (unpaired) electrons. The van der Waals surface area contributed by atoms with Gasteiger partial charge in [-0.05, 0) is 12.5 Å². The zero-order valence-electron chi connectivity index (χ0n) is 11.2. The largest absolute Gasteiger partial charge is 0.378 e. The zero-order valence-corrected chi connectivity index (χ0v) is 11.2. The molecule has 1 saturated heterocycles. The number of ether oxygens (including phenoxy) is 1. The smallest absolute Gasteiger partial charge is 0.274 e. The molecular formula is C13H19N3O3. The Morgan fingerprint density at radius 3 is 2.79 bits per heavy atom. The molecule has 2 heterocycles. The number of hydrogen-bond acceptors (Lipinski definition) is 4. The Morgan fingerprint density at radius 2 is 2.11 bits per heavy atom. The van der Waals surface area contributed by atoms with Crippen molar-refractivity contribution in [3.63, 3.8) is 0 Å². The van der Waals surface area contributed by atoms with E-state index in [9.17, 15) is 9.59 Å². The van der Waals surface area contributed by atoms with Crippen molar-refractivity contribution in [2.45, 2.75) is 26.3 Å². The van der Waals surface area contributed by atoms with Crippen LogP contribution in [0.15, 0.2) is 16.9 Å². The van der Waals surface area contributed by atoms with Gasteiger partial charge in [0.05, 0.1) is 13.2 Å². The fraction of sp³-hybridized carbons (Fsp3) is 0.615. The second-order valence-corrected chi connectivity index (χ2v) is 4.54. The fourth-order valence-corrected chi connectivity index (χ4v) is 1.96. The molecule has 0 saturated carbocycles. The van der Waals surface area contributed by atoms with Crippen LogP contribution in [-0.4, -0.2) is 46.9 Å². The van der Waals surface area contributed by atoms with E-state index in [1.165, 1.54) is 16.8 Å². The summed E-state index contributed by atoms with van der Waals surface area (Å²) < 4.78 is 6.58. The van der Waals surface area contributed by atoms with Crippen molar-refractivity contribution in [3.05, 3.63) is 28.2 Å². The summed E-state index contributed by atoms with van der Waals surface area (Å²) in [5.74, 6) is -0.131. The van der Waals surface area contributed by atoms with E-state index in [1.807, 2.05) is 6.92 Å². The van der Waals surface area contributed by atoms with Crippen LogP contribution in [0.1, 0.15) is 30.3 Å². The molecule has 0 aliphatic carbocycles. The average Bonchev–Trinajstić information content (AvgIpc) is 2.46. The van der Waals surface area contributed by atoms with E-state index in [0.717, 1.165) is 12.8 Å². The van der Waals surface area contributed by atoms with E-state index in [0.29, 0.717) is 38.5 Å². The van der Waals surface area contributed by atoms with Crippen molar-refractivity contribution >= 4 is 5.91 Å². The van der Waals surface area contributed by atoms with Gasteiger partial charge in [-0.1, -0.05) is 13.3 Å². The van der Waals surface area contributed by atoms with Gasteiger partial charge in [0.2, 0.25) is 0 Å². The fourth-order valence-electron chi connectivity index (χ4n) is 1.96. The van der Waals surface area contributed by atoms with E-state index in [4.69, 9.17) is 4.74 Å². The Kier molecular flexibility index (Phi) is 4.68. The summed E-state index contributed by atoms with van der Waals surface area (Å²) in [6.07, 6.45) is 1.86. The van der Waals surface area contributed by atoms with Gasteiger partial charge in [-0.25, -0.2) is 4.68 Å². The molecule has 1 aromatic heterocycles. The number of nitrogens with zero attached hydrogens (tertiary/aromatic N) is 3. The van der Waals surface area contributed by atoms with E-state index in [1.54, 1.807) is 4.90 Å². The molecule has 19 heavy (non-hydrogen) atoms. The Hall–Kier alpha value is -1.69. The van der Waals surface area contributed by atoms with Gasteiger partial charge in [0, 0.05) is 25.7 Å². The molecule has 0 N–H and O–H groups in total. The number of aromatic nitrogens is 2. The molecule has 0 spiro atoms. The third kappa shape index (κ3) is 3.41. The van der Waals surface area contributed by atoms with Gasteiger partial charge >= 0.3 is 0 Å². The number of amides is 1. The highest BCUT2D eigenvalue weighted by molar-refractivity contribution is 5.92. The number of hydrogen-bond donors (Lipinski definition) is 0. The summed E-state index contributed by atoms with van der Waals surface area (Å²) in [7, 11) is 0. The maximum Gasteiger partial charge on any atom is 0.274 e. The molecular weight excluding hydrogens is 246 g/mol. The Balaban J connectivity index is 2.14. The van der Waals surface area contributed by atoms with Gasteiger partial charge in [-0.3, -0.25) is 9.59 Å². The van der Waals surface area contributed by atoms with Gasteiger partial charge in [0.25, 0.3) is 11.5 Å². The molecule has 0 unspecified atom stereocenters. The Labute approximate surface area is 112 Å². The molecule has 0 aromatic carbocycles. The monoisotopic (exact) mass is 265 g/mol. The van der Waals surface area contributed by atoms with Crippen molar-refractivity contribution in [3.8, 4) is 0 Å². The first-order valence-electron chi connectivity index (χ1n) is 6.67. The minimum Gasteiger partial charge on any atom is -0.378 e. The zero-order chi connectivity index (χ0) is 13.7. The number of carbonyl (C=O) groups excluding carboxylic acids is 1. The lowest BCUT2D eigenvalue weighted by atomic mass is 10.3. The van der Waals surface area contributed by atoms with Crippen molar-refractivity contribution in [2.75, 3.05) is 26.3 Å². The van der Waals surface area contributed by atoms with Crippen LogP contribution in [0.2, 0.25) is 0 Å². The summed E-state index contributed by atoms with van der Waals surface area (Å²) in [5.41, 5.74) is 0.171. The lowest BCUT2D eigenvalue weighted by Gasteiger charge is -2.26. The topological polar surface area (TPSA) is 64.4 Å². The predicted octanol–water partition coefficient (Wildman–Crippen LogP) is 0.516. The van der Waals surface area contributed by atoms with Crippen LogP contribution in [0.25, 0.3) is 0 Å². The third-order valence-corrected chi connectivity index (χ3v) is 3.11. The first-order chi connectivity index (χ1) is 9.22. The minimum absolute atomic E-state index is 0.131. The highest BCUT2D eigenvalue weighted by atomic mass is 16.5. The SMILES string of the molecule is CCCCn1nc(C(=O)N2CCOCC2)ccc1=O. The molecule has 2 rings (SSSR count). The molecule has 1 fully saturated rings. The van der Waals surface area contributed by atoms with Gasteiger partial charge in [0.15, 0.2) is 0 Å². The average molecular weight is 265 g/mol. The van der Waals surface area contributed by atoms with Crippen LogP contribution in [0.3, 0.4) is 0 Å². The molecule has 6 nitrogen and oxygen atoms in total. The highest BCUT2D eigenvalue weighted by Crippen LogP contribution is 2.04. The number of unbranched alkanes of at least 4 members (excludes halogenated alkanes) is 1. The van der Waals surface area contributed by atoms with Gasteiger partial charge in [0.1, 0.15) is 5.69 Å². The third-order valence-electron chi connectivity index (χ3n) is 3.11. The highest BCUT2D eigenvalue weighted by Gasteiger charge is 2.20. The van der Waals surface area contributed by atoms with Crippen LogP contribution < -0.4 is 5.56 Å². The molecule has 1 aliphatic heterocycles. The second-order valence-electron chi connectivity index (χ2n) is 4.54. The van der Waals surface area contributed by atoms with Crippen LogP contribution in [-0.2, 0) is 11.3 Å². The van der Waals surface area contributed by atoms with E-state index < -0.39 is 0 Å². The Bertz CT molecular complexity index is 492. The van der Waals surface area contributed by atoms with Crippen molar-refractivity contribution in [1.29, 1.82) is 0 Å². The number of aryl methyl sites for hydroxylation is 1. The quantitative estimate of drug-likeness (QED) is 0.796. The maximum atomic E-state index is 12.2. The first kappa shape index (κ1) is 13.7. The van der Waals surface area contributed by atoms with E-state index in [2.05, 4.69) is 5.10 Å².